The molecule has 62 valence electrons. The van der Waals surface area contributed by atoms with Crippen LogP contribution in [0, 0.1) is 5.92 Å². The van der Waals surface area contributed by atoms with Crippen molar-refractivity contribution in [2.24, 2.45) is 11.7 Å². The van der Waals surface area contributed by atoms with Crippen molar-refractivity contribution in [1.82, 2.24) is 0 Å². The molecule has 2 N–H and O–H groups in total. The summed E-state index contributed by atoms with van der Waals surface area (Å²) in [5.74, 6) is 0.537. The van der Waals surface area contributed by atoms with Crippen LogP contribution in [0.2, 0.25) is 0 Å². The van der Waals surface area contributed by atoms with E-state index < -0.39 is 0 Å². The molecule has 0 aliphatic heterocycles. The van der Waals surface area contributed by atoms with E-state index in [-0.39, 0.29) is 0 Å². The molecule has 10 heavy (non-hydrogen) atoms. The molecular formula is C8H19NO. The maximum absolute atomic E-state index is 5.56. The molecule has 2 nitrogen and oxygen atoms in total. The normalized spacial score (nSPS) is 16.8. The maximum Gasteiger partial charge on any atom is 0.0608 e. The van der Waals surface area contributed by atoms with Gasteiger partial charge in [0.05, 0.1) is 6.10 Å². The zero-order valence-corrected chi connectivity index (χ0v) is 7.26. The summed E-state index contributed by atoms with van der Waals surface area (Å²) in [6.45, 7) is 5.02. The smallest absolute Gasteiger partial charge is 0.0608 e. The summed E-state index contributed by atoms with van der Waals surface area (Å²) < 4.78 is 5.26. The molecule has 0 fully saturated rings. The largest absolute Gasteiger partial charge is 0.381 e. The van der Waals surface area contributed by atoms with E-state index >= 15 is 0 Å². The van der Waals surface area contributed by atoms with Crippen LogP contribution < -0.4 is 5.73 Å². The molecule has 0 amide bonds. The van der Waals surface area contributed by atoms with Gasteiger partial charge in [0.1, 0.15) is 0 Å². The lowest BCUT2D eigenvalue weighted by molar-refractivity contribution is 0.0506. The van der Waals surface area contributed by atoms with Crippen molar-refractivity contribution in [2.45, 2.75) is 32.8 Å². The van der Waals surface area contributed by atoms with Crippen LogP contribution in [-0.2, 0) is 4.74 Å². The third kappa shape index (κ3) is 2.67. The van der Waals surface area contributed by atoms with Crippen molar-refractivity contribution in [2.75, 3.05) is 13.7 Å². The highest BCUT2D eigenvalue weighted by Crippen LogP contribution is 2.12. The van der Waals surface area contributed by atoms with Gasteiger partial charge < -0.3 is 10.5 Å². The summed E-state index contributed by atoms with van der Waals surface area (Å²) in [6.07, 6.45) is 2.53. The Morgan fingerprint density at radius 2 is 1.90 bits per heavy atom. The molecule has 0 rings (SSSR count). The minimum absolute atomic E-state index is 0.356. The molecule has 0 aliphatic rings. The third-order valence-corrected chi connectivity index (χ3v) is 2.06. The van der Waals surface area contributed by atoms with Crippen LogP contribution in [-0.4, -0.2) is 19.8 Å². The first-order valence-corrected chi connectivity index (χ1v) is 4.02. The van der Waals surface area contributed by atoms with Gasteiger partial charge in [-0.05, 0) is 25.3 Å². The average Bonchev–Trinajstić information content (AvgIpc) is 2.00. The number of hydrogen-bond acceptors (Lipinski definition) is 2. The second-order valence-corrected chi connectivity index (χ2v) is 2.59. The Bertz CT molecular complexity index is 57.7. The van der Waals surface area contributed by atoms with Crippen molar-refractivity contribution in [3.8, 4) is 0 Å². The number of nitrogens with two attached hydrogens (primary N) is 1. The summed E-state index contributed by atoms with van der Waals surface area (Å²) in [5, 5.41) is 0. The average molecular weight is 145 g/mol. The Labute approximate surface area is 63.7 Å². The summed E-state index contributed by atoms with van der Waals surface area (Å²) in [7, 11) is 1.76. The molecule has 0 aromatic heterocycles. The fourth-order valence-corrected chi connectivity index (χ4v) is 1.27. The van der Waals surface area contributed by atoms with Gasteiger partial charge >= 0.3 is 0 Å². The van der Waals surface area contributed by atoms with E-state index in [9.17, 15) is 0 Å². The minimum atomic E-state index is 0.356. The van der Waals surface area contributed by atoms with Crippen LogP contribution in [0.15, 0.2) is 0 Å². The van der Waals surface area contributed by atoms with Crippen LogP contribution in [0.5, 0.6) is 0 Å². The van der Waals surface area contributed by atoms with Crippen molar-refractivity contribution >= 4 is 0 Å². The van der Waals surface area contributed by atoms with Gasteiger partial charge in [0.25, 0.3) is 0 Å². The van der Waals surface area contributed by atoms with E-state index in [0.29, 0.717) is 12.0 Å². The van der Waals surface area contributed by atoms with Gasteiger partial charge in [-0.15, -0.1) is 0 Å². The zero-order valence-electron chi connectivity index (χ0n) is 7.26. The number of hydrogen-bond donors (Lipinski definition) is 1. The van der Waals surface area contributed by atoms with Crippen LogP contribution in [0.25, 0.3) is 0 Å². The van der Waals surface area contributed by atoms with Crippen molar-refractivity contribution in [1.29, 1.82) is 0 Å². The molecule has 0 bridgehead atoms. The Morgan fingerprint density at radius 3 is 2.00 bits per heavy atom. The first kappa shape index (κ1) is 9.92. The van der Waals surface area contributed by atoms with Crippen LogP contribution in [0.1, 0.15) is 26.7 Å². The predicted molar refractivity (Wildman–Crippen MR) is 43.9 cm³/mol. The topological polar surface area (TPSA) is 35.2 Å². The summed E-state index contributed by atoms with van der Waals surface area (Å²) >= 11 is 0. The van der Waals surface area contributed by atoms with Gasteiger partial charge in [-0.1, -0.05) is 13.8 Å². The van der Waals surface area contributed by atoms with Gasteiger partial charge in [-0.25, -0.2) is 0 Å². The van der Waals surface area contributed by atoms with Crippen molar-refractivity contribution < 1.29 is 4.74 Å². The van der Waals surface area contributed by atoms with E-state index in [4.69, 9.17) is 10.5 Å². The molecule has 2 heteroatoms. The Kier molecular flexibility index (Phi) is 5.64. The number of ether oxygens (including phenoxy) is 1. The lowest BCUT2D eigenvalue weighted by atomic mass is 9.98. The molecule has 0 saturated carbocycles. The van der Waals surface area contributed by atoms with Crippen molar-refractivity contribution in [3.63, 3.8) is 0 Å². The second-order valence-electron chi connectivity index (χ2n) is 2.59. The molecule has 0 heterocycles. The van der Waals surface area contributed by atoms with E-state index in [1.807, 2.05) is 0 Å². The van der Waals surface area contributed by atoms with E-state index in [1.165, 1.54) is 0 Å². The molecule has 0 aromatic carbocycles. The lowest BCUT2D eigenvalue weighted by Gasteiger charge is -2.21. The molecule has 0 spiro atoms. The number of methoxy groups -OCH3 is 1. The fourth-order valence-electron chi connectivity index (χ4n) is 1.27. The predicted octanol–water partition coefficient (Wildman–Crippen LogP) is 1.40. The summed E-state index contributed by atoms with van der Waals surface area (Å²) in [6, 6.07) is 0. The fraction of sp³-hybridized carbons (Fsp3) is 1.00. The highest BCUT2D eigenvalue weighted by molar-refractivity contribution is 4.67. The summed E-state index contributed by atoms with van der Waals surface area (Å²) in [4.78, 5) is 0. The lowest BCUT2D eigenvalue weighted by Crippen LogP contribution is -2.28. The number of rotatable bonds is 5. The van der Waals surface area contributed by atoms with Gasteiger partial charge in [0, 0.05) is 7.11 Å². The molecule has 2 atom stereocenters. The molecule has 0 aromatic rings. The Morgan fingerprint density at radius 1 is 1.30 bits per heavy atom. The van der Waals surface area contributed by atoms with E-state index in [2.05, 4.69) is 13.8 Å². The molecule has 0 aliphatic carbocycles. The van der Waals surface area contributed by atoms with Gasteiger partial charge in [-0.2, -0.15) is 0 Å². The molecule has 0 unspecified atom stereocenters. The minimum Gasteiger partial charge on any atom is -0.381 e. The van der Waals surface area contributed by atoms with Crippen molar-refractivity contribution in [3.05, 3.63) is 0 Å². The molecule has 0 radical (unpaired) electrons. The first-order chi connectivity index (χ1) is 4.79. The van der Waals surface area contributed by atoms with Crippen LogP contribution in [0.3, 0.4) is 0 Å². The van der Waals surface area contributed by atoms with E-state index in [1.54, 1.807) is 7.11 Å². The standard InChI is InChI=1S/C8H19NO/c1-4-7(6-9)8(5-2)10-3/h7-8H,4-6,9H2,1-3H3/t7-,8-/m1/s1. The van der Waals surface area contributed by atoms with Gasteiger partial charge in [-0.3, -0.25) is 0 Å². The Balaban J connectivity index is 3.70. The van der Waals surface area contributed by atoms with E-state index in [0.717, 1.165) is 19.4 Å². The monoisotopic (exact) mass is 145 g/mol. The highest BCUT2D eigenvalue weighted by Gasteiger charge is 2.14. The first-order valence-electron chi connectivity index (χ1n) is 4.02. The summed E-state index contributed by atoms with van der Waals surface area (Å²) in [5.41, 5.74) is 5.56. The highest BCUT2D eigenvalue weighted by atomic mass is 16.5. The quantitative estimate of drug-likeness (QED) is 0.634. The second kappa shape index (κ2) is 5.69. The van der Waals surface area contributed by atoms with Gasteiger partial charge in [0.15, 0.2) is 0 Å². The van der Waals surface area contributed by atoms with Crippen LogP contribution in [0.4, 0.5) is 0 Å². The van der Waals surface area contributed by atoms with Crippen LogP contribution >= 0.6 is 0 Å². The Hall–Kier alpha value is -0.0800. The zero-order chi connectivity index (χ0) is 7.98. The maximum atomic E-state index is 5.56. The van der Waals surface area contributed by atoms with Gasteiger partial charge in [0.2, 0.25) is 0 Å². The third-order valence-electron chi connectivity index (χ3n) is 2.06. The molecule has 0 saturated heterocycles. The SMILES string of the molecule is CC[C@H](CN)[C@@H](CC)OC. The molecular weight excluding hydrogens is 126 g/mol.